The third-order valence-electron chi connectivity index (χ3n) is 5.26. The summed E-state index contributed by atoms with van der Waals surface area (Å²) in [6, 6.07) is 12.0. The van der Waals surface area contributed by atoms with Crippen molar-refractivity contribution in [1.29, 1.82) is 0 Å². The molecular weight excluding hydrogens is 456 g/mol. The first-order chi connectivity index (χ1) is 15.8. The van der Waals surface area contributed by atoms with E-state index < -0.39 is 11.7 Å². The van der Waals surface area contributed by atoms with Crippen LogP contribution in [0.2, 0.25) is 0 Å². The Balaban J connectivity index is 1.38. The van der Waals surface area contributed by atoms with Crippen molar-refractivity contribution in [3.8, 4) is 0 Å². The maximum atomic E-state index is 13.1. The highest BCUT2D eigenvalue weighted by Crippen LogP contribution is 2.30. The van der Waals surface area contributed by atoms with E-state index in [4.69, 9.17) is 0 Å². The summed E-state index contributed by atoms with van der Waals surface area (Å²) in [5, 5.41) is 0.596. The molecule has 4 rings (SSSR count). The Morgan fingerprint density at radius 1 is 0.970 bits per heavy atom. The topological polar surface area (TPSA) is 49.3 Å². The van der Waals surface area contributed by atoms with Gasteiger partial charge in [-0.1, -0.05) is 12.1 Å². The van der Waals surface area contributed by atoms with Crippen molar-refractivity contribution >= 4 is 23.5 Å². The SMILES string of the molecule is O=C(c1cccnc1SCc1ccc(F)cc1)N1CCN(c2ccc(C(F)(F)F)cn2)CC1. The molecule has 1 saturated heterocycles. The van der Waals surface area contributed by atoms with E-state index in [2.05, 4.69) is 9.97 Å². The average molecular weight is 476 g/mol. The maximum absolute atomic E-state index is 13.1. The monoisotopic (exact) mass is 476 g/mol. The molecule has 10 heteroatoms. The summed E-state index contributed by atoms with van der Waals surface area (Å²) < 4.78 is 51.3. The Morgan fingerprint density at radius 3 is 2.33 bits per heavy atom. The molecule has 0 N–H and O–H groups in total. The lowest BCUT2D eigenvalue weighted by atomic mass is 10.2. The lowest BCUT2D eigenvalue weighted by Gasteiger charge is -2.35. The molecule has 3 aromatic rings. The molecule has 3 heterocycles. The highest BCUT2D eigenvalue weighted by atomic mass is 32.2. The van der Waals surface area contributed by atoms with Gasteiger partial charge < -0.3 is 9.80 Å². The number of benzene rings is 1. The maximum Gasteiger partial charge on any atom is 0.417 e. The number of nitrogens with zero attached hydrogens (tertiary/aromatic N) is 4. The summed E-state index contributed by atoms with van der Waals surface area (Å²) in [7, 11) is 0. The first kappa shape index (κ1) is 23.0. The van der Waals surface area contributed by atoms with Gasteiger partial charge in [-0.15, -0.1) is 11.8 Å². The second-order valence-corrected chi connectivity index (χ2v) is 8.42. The molecule has 0 bridgehead atoms. The van der Waals surface area contributed by atoms with Crippen molar-refractivity contribution in [1.82, 2.24) is 14.9 Å². The fourth-order valence-electron chi connectivity index (χ4n) is 3.45. The summed E-state index contributed by atoms with van der Waals surface area (Å²) in [5.41, 5.74) is 0.621. The number of thioether (sulfide) groups is 1. The summed E-state index contributed by atoms with van der Waals surface area (Å²) in [6.07, 6.45) is -1.97. The molecule has 0 unspecified atom stereocenters. The van der Waals surface area contributed by atoms with Crippen LogP contribution in [0.15, 0.2) is 66.0 Å². The Morgan fingerprint density at radius 2 is 1.70 bits per heavy atom. The zero-order valence-electron chi connectivity index (χ0n) is 17.4. The molecule has 0 saturated carbocycles. The van der Waals surface area contributed by atoms with Gasteiger partial charge in [0.1, 0.15) is 16.7 Å². The van der Waals surface area contributed by atoms with Gasteiger partial charge in [-0.25, -0.2) is 14.4 Å². The number of halogens is 4. The predicted octanol–water partition coefficient (Wildman–Crippen LogP) is 4.89. The standard InChI is InChI=1S/C23H20F4N4OS/c24-18-6-3-16(4-7-18)15-33-21-19(2-1-9-28-21)22(32)31-12-10-30(11-13-31)20-8-5-17(14-29-20)23(25,26)27/h1-9,14H,10-13,15H2. The van der Waals surface area contributed by atoms with Crippen LogP contribution in [-0.4, -0.2) is 47.0 Å². The van der Waals surface area contributed by atoms with Crippen LogP contribution >= 0.6 is 11.8 Å². The molecule has 1 aromatic carbocycles. The van der Waals surface area contributed by atoms with Gasteiger partial charge in [0.2, 0.25) is 0 Å². The van der Waals surface area contributed by atoms with Crippen LogP contribution in [0.1, 0.15) is 21.5 Å². The molecule has 2 aromatic heterocycles. The third-order valence-corrected chi connectivity index (χ3v) is 6.33. The Labute approximate surface area is 192 Å². The molecule has 0 atom stereocenters. The Bertz CT molecular complexity index is 1100. The number of piperazine rings is 1. The van der Waals surface area contributed by atoms with E-state index in [9.17, 15) is 22.4 Å². The molecule has 0 spiro atoms. The predicted molar refractivity (Wildman–Crippen MR) is 118 cm³/mol. The lowest BCUT2D eigenvalue weighted by molar-refractivity contribution is -0.137. The van der Waals surface area contributed by atoms with E-state index in [-0.39, 0.29) is 11.7 Å². The smallest absolute Gasteiger partial charge is 0.353 e. The molecule has 1 aliphatic heterocycles. The van der Waals surface area contributed by atoms with E-state index in [1.165, 1.54) is 30.0 Å². The largest absolute Gasteiger partial charge is 0.417 e. The number of anilines is 1. The zero-order chi connectivity index (χ0) is 23.4. The van der Waals surface area contributed by atoms with E-state index >= 15 is 0 Å². The number of alkyl halides is 3. The van der Waals surface area contributed by atoms with Gasteiger partial charge in [-0.05, 0) is 42.0 Å². The molecule has 172 valence electrons. The first-order valence-corrected chi connectivity index (χ1v) is 11.2. The van der Waals surface area contributed by atoms with Gasteiger partial charge >= 0.3 is 6.18 Å². The fraction of sp³-hybridized carbons (Fsp3) is 0.261. The quantitative estimate of drug-likeness (QED) is 0.388. The van der Waals surface area contributed by atoms with Gasteiger partial charge in [-0.3, -0.25) is 4.79 Å². The van der Waals surface area contributed by atoms with Crippen LogP contribution in [0.4, 0.5) is 23.4 Å². The lowest BCUT2D eigenvalue weighted by Crippen LogP contribution is -2.49. The third kappa shape index (κ3) is 5.62. The van der Waals surface area contributed by atoms with Gasteiger partial charge in [0.05, 0.1) is 11.1 Å². The highest BCUT2D eigenvalue weighted by Gasteiger charge is 2.31. The van der Waals surface area contributed by atoms with Gasteiger partial charge in [0.25, 0.3) is 5.91 Å². The second-order valence-electron chi connectivity index (χ2n) is 7.45. The number of carbonyl (C=O) groups is 1. The molecule has 33 heavy (non-hydrogen) atoms. The Kier molecular flexibility index (Phi) is 6.83. The van der Waals surface area contributed by atoms with Crippen molar-refractivity contribution in [3.05, 3.63) is 83.4 Å². The highest BCUT2D eigenvalue weighted by molar-refractivity contribution is 7.98. The number of hydrogen-bond acceptors (Lipinski definition) is 5. The van der Waals surface area contributed by atoms with Crippen molar-refractivity contribution in [2.45, 2.75) is 17.0 Å². The fourth-order valence-corrected chi connectivity index (χ4v) is 4.39. The minimum atomic E-state index is -4.42. The van der Waals surface area contributed by atoms with Crippen LogP contribution in [0, 0.1) is 5.82 Å². The molecule has 0 aliphatic carbocycles. The van der Waals surface area contributed by atoms with Crippen LogP contribution in [-0.2, 0) is 11.9 Å². The van der Waals surface area contributed by atoms with E-state index in [0.717, 1.165) is 17.8 Å². The molecular formula is C23H20F4N4OS. The minimum absolute atomic E-state index is 0.148. The van der Waals surface area contributed by atoms with Crippen LogP contribution in [0.3, 0.4) is 0 Å². The Hall–Kier alpha value is -3.14. The summed E-state index contributed by atoms with van der Waals surface area (Å²) in [4.78, 5) is 25.0. The van der Waals surface area contributed by atoms with E-state index in [1.807, 2.05) is 4.90 Å². The van der Waals surface area contributed by atoms with E-state index in [0.29, 0.717) is 48.3 Å². The normalized spacial score (nSPS) is 14.4. The van der Waals surface area contributed by atoms with Crippen LogP contribution in [0.5, 0.6) is 0 Å². The first-order valence-electron chi connectivity index (χ1n) is 10.2. The average Bonchev–Trinajstić information content (AvgIpc) is 2.83. The number of hydrogen-bond donors (Lipinski definition) is 0. The van der Waals surface area contributed by atoms with Crippen LogP contribution < -0.4 is 4.90 Å². The van der Waals surface area contributed by atoms with Gasteiger partial charge in [0, 0.05) is 44.3 Å². The second kappa shape index (κ2) is 9.78. The molecule has 0 radical (unpaired) electrons. The van der Waals surface area contributed by atoms with Crippen molar-refractivity contribution < 1.29 is 22.4 Å². The van der Waals surface area contributed by atoms with Crippen molar-refractivity contribution in [2.24, 2.45) is 0 Å². The molecule has 1 fully saturated rings. The molecule has 5 nitrogen and oxygen atoms in total. The van der Waals surface area contributed by atoms with Gasteiger partial charge in [-0.2, -0.15) is 13.2 Å². The summed E-state index contributed by atoms with van der Waals surface area (Å²) in [5.74, 6) is 0.546. The van der Waals surface area contributed by atoms with Crippen molar-refractivity contribution in [3.63, 3.8) is 0 Å². The van der Waals surface area contributed by atoms with E-state index in [1.54, 1.807) is 35.4 Å². The minimum Gasteiger partial charge on any atom is -0.353 e. The number of rotatable bonds is 5. The summed E-state index contributed by atoms with van der Waals surface area (Å²) in [6.45, 7) is 1.75. The number of aromatic nitrogens is 2. The summed E-state index contributed by atoms with van der Waals surface area (Å²) >= 11 is 1.41. The number of pyridine rings is 2. The van der Waals surface area contributed by atoms with Crippen LogP contribution in [0.25, 0.3) is 0 Å². The molecule has 1 amide bonds. The number of carbonyl (C=O) groups excluding carboxylic acids is 1. The number of amides is 1. The zero-order valence-corrected chi connectivity index (χ0v) is 18.2. The van der Waals surface area contributed by atoms with Crippen molar-refractivity contribution in [2.75, 3.05) is 31.1 Å². The van der Waals surface area contributed by atoms with Gasteiger partial charge in [0.15, 0.2) is 0 Å². The molecule has 1 aliphatic rings.